The number of nitrogen functional groups attached to an aromatic ring is 2. The number of fused-ring (bicyclic) bond motifs is 1. The van der Waals surface area contributed by atoms with Crippen molar-refractivity contribution in [2.24, 2.45) is 17.7 Å². The predicted molar refractivity (Wildman–Crippen MR) is 124 cm³/mol. The molecule has 0 aromatic heterocycles. The molecule has 2 aromatic rings. The second-order valence-electron chi connectivity index (χ2n) is 9.00. The minimum absolute atomic E-state index is 0.00138. The van der Waals surface area contributed by atoms with E-state index in [4.69, 9.17) is 11.6 Å². The number of nitrogens with zero attached hydrogens (tertiary/aromatic N) is 2. The number of halogens is 3. The number of carbonyl (C=O) groups excluding carboxylic acids is 2. The van der Waals surface area contributed by atoms with Gasteiger partial charge in [0.25, 0.3) is 5.91 Å². The molecule has 2 aliphatic heterocycles. The summed E-state index contributed by atoms with van der Waals surface area (Å²) < 4.78 is 40.7. The second-order valence-corrected chi connectivity index (χ2v) is 9.00. The normalized spacial score (nSPS) is 19.9. The number of rotatable bonds is 6. The van der Waals surface area contributed by atoms with Crippen LogP contribution in [-0.2, 0) is 11.2 Å². The highest BCUT2D eigenvalue weighted by Crippen LogP contribution is 2.33. The average molecular weight is 492 g/mol. The Morgan fingerprint density at radius 2 is 1.71 bits per heavy atom. The molecular weight excluding hydrogens is 463 g/mol. The molecule has 8 nitrogen and oxygen atoms in total. The molecule has 0 radical (unpaired) electrons. The Labute approximate surface area is 201 Å². The highest BCUT2D eigenvalue weighted by Gasteiger charge is 2.40. The molecule has 0 bridgehead atoms. The maximum Gasteiger partial charge on any atom is 0.573 e. The van der Waals surface area contributed by atoms with Gasteiger partial charge in [0.2, 0.25) is 5.91 Å². The molecule has 4 rings (SSSR count). The zero-order valence-corrected chi connectivity index (χ0v) is 19.1. The number of nitrogens with one attached hydrogen (secondary N) is 1. The minimum Gasteiger partial charge on any atom is -0.406 e. The second kappa shape index (κ2) is 10.0. The van der Waals surface area contributed by atoms with E-state index in [1.54, 1.807) is 18.2 Å². The van der Waals surface area contributed by atoms with Crippen LogP contribution >= 0.6 is 0 Å². The molecule has 35 heavy (non-hydrogen) atoms. The number of hydrogen-bond donors (Lipinski definition) is 3. The molecule has 0 saturated carbocycles. The molecule has 2 unspecified atom stereocenters. The molecule has 0 spiro atoms. The fraction of sp³-hybridized carbons (Fsp3) is 0.417. The molecule has 2 fully saturated rings. The third-order valence-corrected chi connectivity index (χ3v) is 6.68. The van der Waals surface area contributed by atoms with E-state index in [0.29, 0.717) is 55.5 Å². The van der Waals surface area contributed by atoms with Gasteiger partial charge < -0.3 is 25.7 Å². The lowest BCUT2D eigenvalue weighted by Crippen LogP contribution is -2.43. The zero-order chi connectivity index (χ0) is 25.2. The number of ether oxygens (including phenoxy) is 1. The van der Waals surface area contributed by atoms with Crippen molar-refractivity contribution in [1.29, 1.82) is 0 Å². The standard InChI is InChI=1S/C24H28F3N5O3/c25-24(26,27)35-19-5-1-15(2-6-19)3-8-22(33)31-10-9-17-12-32(14-18(17)13-31)23(34)16-4-7-21(30-29)20(28)11-16/h1-2,4-7,11,17-18,30H,3,8-10,12-14,28-29H2. The summed E-state index contributed by atoms with van der Waals surface area (Å²) in [5.41, 5.74) is 10.6. The number of likely N-dealkylation sites (tertiary alicyclic amines) is 2. The predicted octanol–water partition coefficient (Wildman–Crippen LogP) is 3.01. The summed E-state index contributed by atoms with van der Waals surface area (Å²) in [6.07, 6.45) is -3.22. The molecular formula is C24H28F3N5O3. The molecule has 2 aliphatic rings. The largest absolute Gasteiger partial charge is 0.573 e. The summed E-state index contributed by atoms with van der Waals surface area (Å²) in [5.74, 6) is 5.56. The summed E-state index contributed by atoms with van der Waals surface area (Å²) in [6, 6.07) is 10.5. The first kappa shape index (κ1) is 24.6. The number of anilines is 2. The van der Waals surface area contributed by atoms with Gasteiger partial charge in [-0.05, 0) is 60.6 Å². The van der Waals surface area contributed by atoms with Crippen LogP contribution in [0.15, 0.2) is 42.5 Å². The van der Waals surface area contributed by atoms with Crippen LogP contribution in [0.2, 0.25) is 0 Å². The monoisotopic (exact) mass is 491 g/mol. The van der Waals surface area contributed by atoms with Crippen molar-refractivity contribution in [3.05, 3.63) is 53.6 Å². The number of hydrazine groups is 1. The zero-order valence-electron chi connectivity index (χ0n) is 19.1. The molecule has 188 valence electrons. The maximum absolute atomic E-state index is 13.0. The summed E-state index contributed by atoms with van der Waals surface area (Å²) in [6.45, 7) is 2.44. The van der Waals surface area contributed by atoms with Gasteiger partial charge in [0.15, 0.2) is 0 Å². The van der Waals surface area contributed by atoms with Crippen LogP contribution in [0.4, 0.5) is 24.5 Å². The van der Waals surface area contributed by atoms with Crippen molar-refractivity contribution in [1.82, 2.24) is 9.80 Å². The van der Waals surface area contributed by atoms with E-state index in [0.717, 1.165) is 12.0 Å². The highest BCUT2D eigenvalue weighted by molar-refractivity contribution is 5.96. The molecule has 2 aromatic carbocycles. The average Bonchev–Trinajstić information content (AvgIpc) is 3.25. The van der Waals surface area contributed by atoms with E-state index in [1.807, 2.05) is 9.80 Å². The Morgan fingerprint density at radius 1 is 1.03 bits per heavy atom. The molecule has 5 N–H and O–H groups in total. The Hall–Kier alpha value is -3.47. The quantitative estimate of drug-likeness (QED) is 0.325. The van der Waals surface area contributed by atoms with Gasteiger partial charge in [-0.25, -0.2) is 0 Å². The van der Waals surface area contributed by atoms with Crippen LogP contribution in [0.3, 0.4) is 0 Å². The first-order chi connectivity index (χ1) is 16.6. The van der Waals surface area contributed by atoms with Gasteiger partial charge in [-0.1, -0.05) is 12.1 Å². The summed E-state index contributed by atoms with van der Waals surface area (Å²) in [4.78, 5) is 29.4. The lowest BCUT2D eigenvalue weighted by atomic mass is 9.88. The van der Waals surface area contributed by atoms with Gasteiger partial charge in [0.1, 0.15) is 5.75 Å². The van der Waals surface area contributed by atoms with Crippen molar-refractivity contribution >= 4 is 23.2 Å². The fourth-order valence-electron chi connectivity index (χ4n) is 4.84. The van der Waals surface area contributed by atoms with E-state index in [-0.39, 0.29) is 29.9 Å². The van der Waals surface area contributed by atoms with Crippen molar-refractivity contribution in [3.8, 4) is 5.75 Å². The number of piperidine rings is 1. The summed E-state index contributed by atoms with van der Waals surface area (Å²) in [7, 11) is 0. The smallest absolute Gasteiger partial charge is 0.406 e. The van der Waals surface area contributed by atoms with Crippen molar-refractivity contribution < 1.29 is 27.5 Å². The first-order valence-corrected chi connectivity index (χ1v) is 11.4. The third-order valence-electron chi connectivity index (χ3n) is 6.68. The fourth-order valence-corrected chi connectivity index (χ4v) is 4.84. The van der Waals surface area contributed by atoms with E-state index < -0.39 is 6.36 Å². The van der Waals surface area contributed by atoms with Crippen molar-refractivity contribution in [2.45, 2.75) is 25.6 Å². The highest BCUT2D eigenvalue weighted by atomic mass is 19.4. The van der Waals surface area contributed by atoms with Gasteiger partial charge in [0, 0.05) is 38.2 Å². The number of amides is 2. The Kier molecular flexibility index (Phi) is 7.06. The maximum atomic E-state index is 13.0. The number of benzene rings is 2. The van der Waals surface area contributed by atoms with Crippen LogP contribution < -0.4 is 21.7 Å². The van der Waals surface area contributed by atoms with E-state index in [9.17, 15) is 22.8 Å². The van der Waals surface area contributed by atoms with Gasteiger partial charge >= 0.3 is 6.36 Å². The number of alkyl halides is 3. The van der Waals surface area contributed by atoms with Gasteiger partial charge in [-0.15, -0.1) is 13.2 Å². The Morgan fingerprint density at radius 3 is 2.37 bits per heavy atom. The SMILES string of the molecule is NNc1ccc(C(=O)N2CC3CCN(C(=O)CCc4ccc(OC(F)(F)F)cc4)CC3C2)cc1N. The number of carbonyl (C=O) groups is 2. The Balaban J connectivity index is 1.28. The van der Waals surface area contributed by atoms with Crippen LogP contribution in [0.25, 0.3) is 0 Å². The van der Waals surface area contributed by atoms with Crippen LogP contribution in [0.1, 0.15) is 28.8 Å². The van der Waals surface area contributed by atoms with E-state index in [2.05, 4.69) is 10.2 Å². The van der Waals surface area contributed by atoms with Crippen molar-refractivity contribution in [3.63, 3.8) is 0 Å². The van der Waals surface area contributed by atoms with E-state index >= 15 is 0 Å². The van der Waals surface area contributed by atoms with Gasteiger partial charge in [-0.2, -0.15) is 0 Å². The van der Waals surface area contributed by atoms with Crippen molar-refractivity contribution in [2.75, 3.05) is 37.3 Å². The lowest BCUT2D eigenvalue weighted by molar-refractivity contribution is -0.274. The van der Waals surface area contributed by atoms with Crippen LogP contribution in [-0.4, -0.2) is 54.2 Å². The number of hydrogen-bond acceptors (Lipinski definition) is 6. The molecule has 2 saturated heterocycles. The molecule has 11 heteroatoms. The lowest BCUT2D eigenvalue weighted by Gasteiger charge is -2.34. The van der Waals surface area contributed by atoms with Crippen LogP contribution in [0.5, 0.6) is 5.75 Å². The number of nitrogens with two attached hydrogens (primary N) is 2. The summed E-state index contributed by atoms with van der Waals surface area (Å²) in [5, 5.41) is 0. The first-order valence-electron chi connectivity index (χ1n) is 11.4. The molecule has 2 amide bonds. The topological polar surface area (TPSA) is 114 Å². The third kappa shape index (κ3) is 5.97. The molecule has 2 heterocycles. The van der Waals surface area contributed by atoms with Gasteiger partial charge in [-0.3, -0.25) is 15.4 Å². The molecule has 2 atom stereocenters. The van der Waals surface area contributed by atoms with E-state index in [1.165, 1.54) is 24.3 Å². The number of aryl methyl sites for hydroxylation is 1. The van der Waals surface area contributed by atoms with Gasteiger partial charge in [0.05, 0.1) is 11.4 Å². The van der Waals surface area contributed by atoms with Crippen LogP contribution in [0, 0.1) is 11.8 Å². The Bertz CT molecular complexity index is 1080. The summed E-state index contributed by atoms with van der Waals surface area (Å²) >= 11 is 0. The molecule has 0 aliphatic carbocycles. The minimum atomic E-state index is -4.73.